The number of nitro benzene ring substituents is 2. The molecule has 0 saturated heterocycles. The maximum absolute atomic E-state index is 10.6. The zero-order valence-corrected chi connectivity index (χ0v) is 14.2. The minimum atomic E-state index is -0.442. The summed E-state index contributed by atoms with van der Waals surface area (Å²) in [5.41, 5.74) is 0.0933. The minimum absolute atomic E-state index is 0.0466. The maximum Gasteiger partial charge on any atom is 0.269 e. The summed E-state index contributed by atoms with van der Waals surface area (Å²) in [7, 11) is 0. The van der Waals surface area contributed by atoms with Crippen LogP contribution in [0.3, 0.4) is 0 Å². The maximum atomic E-state index is 10.6. The fourth-order valence-electron chi connectivity index (χ4n) is 2.27. The molecule has 0 radical (unpaired) electrons. The zero-order chi connectivity index (χ0) is 18.8. The normalized spacial score (nSPS) is 10.3. The summed E-state index contributed by atoms with van der Waals surface area (Å²) in [6.45, 7) is 1.11. The van der Waals surface area contributed by atoms with Crippen molar-refractivity contribution in [3.8, 4) is 11.5 Å². The second-order valence-electron chi connectivity index (χ2n) is 5.61. The quantitative estimate of drug-likeness (QED) is 0.331. The number of rotatable bonds is 11. The Morgan fingerprint density at radius 1 is 0.615 bits per heavy atom. The molecule has 0 unspecified atom stereocenters. The number of nitrogens with zero attached hydrogens (tertiary/aromatic N) is 2. The number of hydrogen-bond donors (Lipinski definition) is 0. The third kappa shape index (κ3) is 6.39. The van der Waals surface area contributed by atoms with Crippen molar-refractivity contribution in [2.75, 3.05) is 13.2 Å². The predicted octanol–water partition coefficient (Wildman–Crippen LogP) is 4.52. The predicted molar refractivity (Wildman–Crippen MR) is 95.7 cm³/mol. The van der Waals surface area contributed by atoms with Gasteiger partial charge in [0.1, 0.15) is 11.5 Å². The second kappa shape index (κ2) is 9.97. The van der Waals surface area contributed by atoms with E-state index in [0.29, 0.717) is 24.7 Å². The highest BCUT2D eigenvalue weighted by Gasteiger charge is 2.05. The summed E-state index contributed by atoms with van der Waals surface area (Å²) in [6.07, 6.45) is 3.73. The molecule has 0 aromatic heterocycles. The summed E-state index contributed by atoms with van der Waals surface area (Å²) in [4.78, 5) is 20.2. The highest BCUT2D eigenvalue weighted by molar-refractivity contribution is 5.36. The molecule has 0 heterocycles. The molecule has 138 valence electrons. The van der Waals surface area contributed by atoms with Gasteiger partial charge in [-0.3, -0.25) is 20.2 Å². The molecule has 2 rings (SSSR count). The van der Waals surface area contributed by atoms with Crippen LogP contribution in [0.4, 0.5) is 11.4 Å². The molecule has 8 nitrogen and oxygen atoms in total. The summed E-state index contributed by atoms with van der Waals surface area (Å²) in [5, 5.41) is 21.1. The van der Waals surface area contributed by atoms with Crippen molar-refractivity contribution in [2.24, 2.45) is 0 Å². The average Bonchev–Trinajstić information content (AvgIpc) is 2.64. The first-order valence-electron chi connectivity index (χ1n) is 8.31. The molecule has 0 fully saturated rings. The highest BCUT2D eigenvalue weighted by atomic mass is 16.6. The van der Waals surface area contributed by atoms with Crippen LogP contribution in [0.2, 0.25) is 0 Å². The Morgan fingerprint density at radius 2 is 0.962 bits per heavy atom. The molecule has 0 aliphatic heterocycles. The van der Waals surface area contributed by atoms with E-state index in [1.54, 1.807) is 24.3 Å². The second-order valence-corrected chi connectivity index (χ2v) is 5.61. The largest absolute Gasteiger partial charge is 0.494 e. The number of unbranched alkanes of at least 4 members (excludes halogenated alkanes) is 3. The van der Waals surface area contributed by atoms with Crippen molar-refractivity contribution in [3.05, 3.63) is 68.8 Å². The number of benzene rings is 2. The molecular formula is C18H20N2O6. The van der Waals surface area contributed by atoms with Crippen LogP contribution in [0, 0.1) is 20.2 Å². The van der Waals surface area contributed by atoms with Gasteiger partial charge in [0.05, 0.1) is 23.1 Å². The first-order valence-corrected chi connectivity index (χ1v) is 8.31. The van der Waals surface area contributed by atoms with E-state index in [0.717, 1.165) is 25.7 Å². The average molecular weight is 360 g/mol. The van der Waals surface area contributed by atoms with Gasteiger partial charge in [0.2, 0.25) is 0 Å². The fraction of sp³-hybridized carbons (Fsp3) is 0.333. The van der Waals surface area contributed by atoms with Gasteiger partial charge < -0.3 is 9.47 Å². The minimum Gasteiger partial charge on any atom is -0.494 e. The number of hydrogen-bond acceptors (Lipinski definition) is 6. The van der Waals surface area contributed by atoms with Crippen molar-refractivity contribution < 1.29 is 19.3 Å². The van der Waals surface area contributed by atoms with Crippen LogP contribution in [0.25, 0.3) is 0 Å². The van der Waals surface area contributed by atoms with E-state index in [9.17, 15) is 20.2 Å². The van der Waals surface area contributed by atoms with Crippen LogP contribution in [-0.2, 0) is 0 Å². The Bertz CT molecular complexity index is 652. The third-order valence-electron chi connectivity index (χ3n) is 3.67. The first-order chi connectivity index (χ1) is 12.6. The Labute approximate surface area is 150 Å². The van der Waals surface area contributed by atoms with Crippen molar-refractivity contribution in [1.29, 1.82) is 0 Å². The number of ether oxygens (including phenoxy) is 2. The molecule has 26 heavy (non-hydrogen) atoms. The Balaban J connectivity index is 1.52. The van der Waals surface area contributed by atoms with Gasteiger partial charge in [-0.2, -0.15) is 0 Å². The lowest BCUT2D eigenvalue weighted by atomic mass is 10.2. The molecule has 0 aliphatic rings. The molecule has 8 heteroatoms. The van der Waals surface area contributed by atoms with Crippen molar-refractivity contribution in [1.82, 2.24) is 0 Å². The van der Waals surface area contributed by atoms with Crippen molar-refractivity contribution in [3.63, 3.8) is 0 Å². The summed E-state index contributed by atoms with van der Waals surface area (Å²) < 4.78 is 11.1. The molecule has 0 atom stereocenters. The summed E-state index contributed by atoms with van der Waals surface area (Å²) >= 11 is 0. The molecule has 0 N–H and O–H groups in total. The Morgan fingerprint density at radius 3 is 1.27 bits per heavy atom. The van der Waals surface area contributed by atoms with Crippen LogP contribution in [0.1, 0.15) is 25.7 Å². The third-order valence-corrected chi connectivity index (χ3v) is 3.67. The monoisotopic (exact) mass is 360 g/mol. The van der Waals surface area contributed by atoms with Gasteiger partial charge in [-0.1, -0.05) is 0 Å². The summed E-state index contributed by atoms with van der Waals surface area (Å²) in [5.74, 6) is 1.24. The lowest BCUT2D eigenvalue weighted by Crippen LogP contribution is -2.00. The van der Waals surface area contributed by atoms with Gasteiger partial charge in [0, 0.05) is 24.3 Å². The molecule has 2 aromatic rings. The van der Waals surface area contributed by atoms with Gasteiger partial charge >= 0.3 is 0 Å². The lowest BCUT2D eigenvalue weighted by Gasteiger charge is -2.07. The molecule has 0 aliphatic carbocycles. The SMILES string of the molecule is O=[N+]([O-])c1ccc(OCCCCCCOc2ccc([N+](=O)[O-])cc2)cc1. The van der Waals surface area contributed by atoms with E-state index in [1.165, 1.54) is 24.3 Å². The highest BCUT2D eigenvalue weighted by Crippen LogP contribution is 2.19. The van der Waals surface area contributed by atoms with Crippen LogP contribution >= 0.6 is 0 Å². The molecule has 0 bridgehead atoms. The molecule has 0 amide bonds. The van der Waals surface area contributed by atoms with E-state index in [2.05, 4.69) is 0 Å². The van der Waals surface area contributed by atoms with Crippen molar-refractivity contribution >= 4 is 11.4 Å². The van der Waals surface area contributed by atoms with Gasteiger partial charge in [-0.15, -0.1) is 0 Å². The van der Waals surface area contributed by atoms with Crippen LogP contribution in [-0.4, -0.2) is 23.1 Å². The number of non-ortho nitro benzene ring substituents is 2. The number of nitro groups is 2. The smallest absolute Gasteiger partial charge is 0.269 e. The van der Waals surface area contributed by atoms with E-state index >= 15 is 0 Å². The lowest BCUT2D eigenvalue weighted by molar-refractivity contribution is -0.385. The molecule has 0 saturated carbocycles. The molecular weight excluding hydrogens is 340 g/mol. The van der Waals surface area contributed by atoms with Crippen LogP contribution in [0.5, 0.6) is 11.5 Å². The van der Waals surface area contributed by atoms with Crippen LogP contribution in [0.15, 0.2) is 48.5 Å². The zero-order valence-electron chi connectivity index (χ0n) is 14.2. The van der Waals surface area contributed by atoms with E-state index in [4.69, 9.17) is 9.47 Å². The topological polar surface area (TPSA) is 105 Å². The van der Waals surface area contributed by atoms with Gasteiger partial charge in [0.15, 0.2) is 0 Å². The van der Waals surface area contributed by atoms with Gasteiger partial charge in [-0.05, 0) is 49.9 Å². The first kappa shape index (κ1) is 19.2. The van der Waals surface area contributed by atoms with Gasteiger partial charge in [-0.25, -0.2) is 0 Å². The standard InChI is InChI=1S/C18H20N2O6/c21-19(22)15-5-9-17(10-6-15)25-13-3-1-2-4-14-26-18-11-7-16(8-12-18)20(23)24/h5-12H,1-4,13-14H2. The van der Waals surface area contributed by atoms with E-state index in [1.807, 2.05) is 0 Å². The Kier molecular flexibility index (Phi) is 7.35. The fourth-order valence-corrected chi connectivity index (χ4v) is 2.27. The molecule has 0 spiro atoms. The van der Waals surface area contributed by atoms with Crippen molar-refractivity contribution in [2.45, 2.75) is 25.7 Å². The van der Waals surface area contributed by atoms with E-state index < -0.39 is 9.85 Å². The molecule has 2 aromatic carbocycles. The van der Waals surface area contributed by atoms with Gasteiger partial charge in [0.25, 0.3) is 11.4 Å². The summed E-state index contributed by atoms with van der Waals surface area (Å²) in [6, 6.07) is 12.1. The Hall–Kier alpha value is -3.16. The van der Waals surface area contributed by atoms with Crippen LogP contribution < -0.4 is 9.47 Å². The van der Waals surface area contributed by atoms with E-state index in [-0.39, 0.29) is 11.4 Å².